The van der Waals surface area contributed by atoms with Gasteiger partial charge in [-0.15, -0.1) is 0 Å². The number of ether oxygens (including phenoxy) is 2. The van der Waals surface area contributed by atoms with Crippen molar-refractivity contribution in [1.82, 2.24) is 4.90 Å². The quantitative estimate of drug-likeness (QED) is 0.502. The van der Waals surface area contributed by atoms with Gasteiger partial charge in [0, 0.05) is 6.04 Å². The fourth-order valence-corrected chi connectivity index (χ4v) is 3.16. The summed E-state index contributed by atoms with van der Waals surface area (Å²) in [6, 6.07) is 8.98. The SMILES string of the molecule is O=C(C[C@@H]1CC[C@H](/C=C/c2ccccc2)N1C(=O)OCC(Cl)(Cl)Cl)OCCO. The Labute approximate surface area is 178 Å². The summed E-state index contributed by atoms with van der Waals surface area (Å²) in [6.45, 7) is -0.738. The van der Waals surface area contributed by atoms with Crippen molar-refractivity contribution in [3.8, 4) is 0 Å². The monoisotopic (exact) mass is 449 g/mol. The molecule has 0 aliphatic carbocycles. The highest BCUT2D eigenvalue weighted by Crippen LogP contribution is 2.31. The fraction of sp³-hybridized carbons (Fsp3) is 0.474. The first-order chi connectivity index (χ1) is 13.3. The summed E-state index contributed by atoms with van der Waals surface area (Å²) < 4.78 is 8.32. The second-order valence-electron chi connectivity index (χ2n) is 6.29. The average Bonchev–Trinajstić information content (AvgIpc) is 3.05. The van der Waals surface area contributed by atoms with Gasteiger partial charge in [0.05, 0.1) is 19.1 Å². The Balaban J connectivity index is 2.10. The van der Waals surface area contributed by atoms with Gasteiger partial charge in [0.1, 0.15) is 13.2 Å². The zero-order valence-electron chi connectivity index (χ0n) is 15.1. The second-order valence-corrected chi connectivity index (χ2v) is 8.81. The average molecular weight is 451 g/mol. The molecule has 1 heterocycles. The van der Waals surface area contributed by atoms with Gasteiger partial charge in [-0.2, -0.15) is 0 Å². The van der Waals surface area contributed by atoms with Gasteiger partial charge in [-0.05, 0) is 18.4 Å². The van der Waals surface area contributed by atoms with E-state index in [1.54, 1.807) is 0 Å². The van der Waals surface area contributed by atoms with Gasteiger partial charge in [-0.25, -0.2) is 4.79 Å². The third-order valence-corrected chi connectivity index (χ3v) is 4.51. The van der Waals surface area contributed by atoms with E-state index in [9.17, 15) is 9.59 Å². The van der Waals surface area contributed by atoms with Crippen LogP contribution in [0.2, 0.25) is 0 Å². The molecule has 1 N–H and O–H groups in total. The lowest BCUT2D eigenvalue weighted by atomic mass is 10.1. The molecule has 0 spiro atoms. The van der Waals surface area contributed by atoms with E-state index in [-0.39, 0.29) is 25.7 Å². The molecule has 154 valence electrons. The third-order valence-electron chi connectivity index (χ3n) is 4.18. The van der Waals surface area contributed by atoms with Crippen molar-refractivity contribution in [2.75, 3.05) is 19.8 Å². The van der Waals surface area contributed by atoms with E-state index in [2.05, 4.69) is 0 Å². The van der Waals surface area contributed by atoms with Gasteiger partial charge in [0.2, 0.25) is 3.79 Å². The number of alkyl halides is 3. The number of benzene rings is 1. The van der Waals surface area contributed by atoms with Crippen LogP contribution >= 0.6 is 34.8 Å². The molecule has 1 aromatic carbocycles. The van der Waals surface area contributed by atoms with Crippen LogP contribution in [0.5, 0.6) is 0 Å². The number of hydrogen-bond donors (Lipinski definition) is 1. The molecule has 0 unspecified atom stereocenters. The third kappa shape index (κ3) is 7.51. The highest BCUT2D eigenvalue weighted by Gasteiger charge is 2.39. The summed E-state index contributed by atoms with van der Waals surface area (Å²) in [4.78, 5) is 26.0. The number of likely N-dealkylation sites (tertiary alicyclic amines) is 1. The summed E-state index contributed by atoms with van der Waals surface area (Å²) in [6.07, 6.45) is 4.40. The number of aliphatic hydroxyl groups excluding tert-OH is 1. The largest absolute Gasteiger partial charge is 0.463 e. The molecule has 0 radical (unpaired) electrons. The maximum absolute atomic E-state index is 12.6. The number of halogens is 3. The Morgan fingerprint density at radius 2 is 1.89 bits per heavy atom. The Kier molecular flexibility index (Phi) is 8.89. The lowest BCUT2D eigenvalue weighted by Crippen LogP contribution is -2.42. The summed E-state index contributed by atoms with van der Waals surface area (Å²) >= 11 is 17.0. The Bertz CT molecular complexity index is 678. The van der Waals surface area contributed by atoms with Gasteiger partial charge in [0.25, 0.3) is 0 Å². The van der Waals surface area contributed by atoms with Crippen LogP contribution in [-0.4, -0.2) is 57.8 Å². The molecule has 2 rings (SSSR count). The molecule has 9 heteroatoms. The van der Waals surface area contributed by atoms with E-state index in [1.807, 2.05) is 42.5 Å². The molecule has 6 nitrogen and oxygen atoms in total. The van der Waals surface area contributed by atoms with Crippen LogP contribution in [0.3, 0.4) is 0 Å². The topological polar surface area (TPSA) is 76.1 Å². The molecular formula is C19H22Cl3NO5. The summed E-state index contributed by atoms with van der Waals surface area (Å²) in [5.41, 5.74) is 0.989. The minimum Gasteiger partial charge on any atom is -0.463 e. The van der Waals surface area contributed by atoms with Gasteiger partial charge in [-0.3, -0.25) is 9.69 Å². The smallest absolute Gasteiger partial charge is 0.410 e. The molecule has 0 aromatic heterocycles. The molecule has 28 heavy (non-hydrogen) atoms. The number of aliphatic hydroxyl groups is 1. The lowest BCUT2D eigenvalue weighted by Gasteiger charge is -2.28. The number of hydrogen-bond acceptors (Lipinski definition) is 5. The van der Waals surface area contributed by atoms with Crippen LogP contribution < -0.4 is 0 Å². The van der Waals surface area contributed by atoms with E-state index in [0.717, 1.165) is 5.56 Å². The number of esters is 1. The first-order valence-corrected chi connectivity index (χ1v) is 9.95. The Morgan fingerprint density at radius 1 is 1.18 bits per heavy atom. The molecule has 1 saturated heterocycles. The maximum Gasteiger partial charge on any atom is 0.410 e. The number of carbonyl (C=O) groups excluding carboxylic acids is 2. The molecular weight excluding hydrogens is 429 g/mol. The van der Waals surface area contributed by atoms with Gasteiger partial charge in [0.15, 0.2) is 0 Å². The van der Waals surface area contributed by atoms with Crippen molar-refractivity contribution in [3.05, 3.63) is 42.0 Å². The zero-order chi connectivity index (χ0) is 20.6. The second kappa shape index (κ2) is 10.9. The number of nitrogens with zero attached hydrogens (tertiary/aromatic N) is 1. The molecule has 1 aromatic rings. The van der Waals surface area contributed by atoms with Crippen LogP contribution in [0.15, 0.2) is 36.4 Å². The van der Waals surface area contributed by atoms with E-state index in [1.165, 1.54) is 4.90 Å². The predicted molar refractivity (Wildman–Crippen MR) is 108 cm³/mol. The van der Waals surface area contributed by atoms with Gasteiger partial charge < -0.3 is 14.6 Å². The minimum atomic E-state index is -1.72. The molecule has 2 atom stereocenters. The highest BCUT2D eigenvalue weighted by molar-refractivity contribution is 6.67. The van der Waals surface area contributed by atoms with E-state index in [0.29, 0.717) is 12.8 Å². The van der Waals surface area contributed by atoms with Crippen LogP contribution in [0.4, 0.5) is 4.79 Å². The van der Waals surface area contributed by atoms with Crippen LogP contribution in [0.25, 0.3) is 6.08 Å². The molecule has 1 fully saturated rings. The minimum absolute atomic E-state index is 0.00144. The Hall–Kier alpha value is -1.47. The van der Waals surface area contributed by atoms with Crippen LogP contribution in [0.1, 0.15) is 24.8 Å². The van der Waals surface area contributed by atoms with Crippen molar-refractivity contribution in [1.29, 1.82) is 0 Å². The van der Waals surface area contributed by atoms with E-state index < -0.39 is 28.5 Å². The first kappa shape index (κ1) is 22.8. The standard InChI is InChI=1S/C19H22Cl3NO5/c20-19(21,22)13-28-18(26)23-15(7-6-14-4-2-1-3-5-14)8-9-16(23)12-17(25)27-11-10-24/h1-7,15-16,24H,8-13H2/b7-6+/t15-,16-/m0/s1. The van der Waals surface area contributed by atoms with Gasteiger partial charge >= 0.3 is 12.1 Å². The van der Waals surface area contributed by atoms with Crippen molar-refractivity contribution in [2.24, 2.45) is 0 Å². The van der Waals surface area contributed by atoms with Crippen LogP contribution in [0, 0.1) is 0 Å². The van der Waals surface area contributed by atoms with E-state index >= 15 is 0 Å². The maximum atomic E-state index is 12.6. The fourth-order valence-electron chi connectivity index (χ4n) is 3.00. The van der Waals surface area contributed by atoms with E-state index in [4.69, 9.17) is 49.4 Å². The first-order valence-electron chi connectivity index (χ1n) is 8.81. The van der Waals surface area contributed by atoms with Crippen molar-refractivity contribution in [2.45, 2.75) is 35.1 Å². The van der Waals surface area contributed by atoms with Crippen molar-refractivity contribution < 1.29 is 24.2 Å². The molecule has 1 amide bonds. The van der Waals surface area contributed by atoms with Crippen molar-refractivity contribution in [3.63, 3.8) is 0 Å². The lowest BCUT2D eigenvalue weighted by molar-refractivity contribution is -0.145. The molecule has 0 bridgehead atoms. The summed E-state index contributed by atoms with van der Waals surface area (Å²) in [5, 5.41) is 8.77. The molecule has 0 saturated carbocycles. The normalized spacial score (nSPS) is 19.8. The molecule has 1 aliphatic heterocycles. The Morgan fingerprint density at radius 3 is 2.54 bits per heavy atom. The zero-order valence-corrected chi connectivity index (χ0v) is 17.4. The van der Waals surface area contributed by atoms with Gasteiger partial charge in [-0.1, -0.05) is 77.3 Å². The number of rotatable bonds is 7. The predicted octanol–water partition coefficient (Wildman–Crippen LogP) is 3.97. The van der Waals surface area contributed by atoms with Crippen molar-refractivity contribution >= 4 is 52.9 Å². The molecule has 1 aliphatic rings. The highest BCUT2D eigenvalue weighted by atomic mass is 35.6. The van der Waals surface area contributed by atoms with Crippen LogP contribution in [-0.2, 0) is 14.3 Å². The number of carbonyl (C=O) groups is 2. The summed E-state index contributed by atoms with van der Waals surface area (Å²) in [7, 11) is 0. The number of amides is 1. The summed E-state index contributed by atoms with van der Waals surface area (Å²) in [5.74, 6) is -0.495.